The number of nitrogens with zero attached hydrogens (tertiary/aromatic N) is 1. The van der Waals surface area contributed by atoms with Crippen LogP contribution >= 0.6 is 0 Å². The van der Waals surface area contributed by atoms with E-state index >= 15 is 0 Å². The molecule has 0 aromatic heterocycles. The molecule has 1 N–H and O–H groups in total. The van der Waals surface area contributed by atoms with Gasteiger partial charge in [-0.1, -0.05) is 29.8 Å². The summed E-state index contributed by atoms with van der Waals surface area (Å²) in [4.78, 5) is 9.82. The predicted octanol–water partition coefficient (Wildman–Crippen LogP) is 2.82. The van der Waals surface area contributed by atoms with Crippen molar-refractivity contribution in [1.82, 2.24) is 0 Å². The summed E-state index contributed by atoms with van der Waals surface area (Å²) >= 11 is 0. The first-order valence-corrected chi connectivity index (χ1v) is 7.06. The lowest BCUT2D eigenvalue weighted by Crippen LogP contribution is -2.02. The lowest BCUT2D eigenvalue weighted by molar-refractivity contribution is -0.384. The maximum atomic E-state index is 11.4. The molecule has 0 aliphatic rings. The standard InChI is InChI=1S/C13H11NO5S/c1-9-2-4-10(5-3-9)12-8-11(14(15)16)6-7-13(12)20(17,18)19/h2-8H,1H3,(H,17,18,19). The van der Waals surface area contributed by atoms with E-state index in [1.807, 2.05) is 6.92 Å². The average molecular weight is 293 g/mol. The molecule has 0 unspecified atom stereocenters. The Labute approximate surface area is 115 Å². The van der Waals surface area contributed by atoms with Gasteiger partial charge >= 0.3 is 0 Å². The molecule has 0 radical (unpaired) electrons. The van der Waals surface area contributed by atoms with Gasteiger partial charge in [-0.25, -0.2) is 0 Å². The maximum Gasteiger partial charge on any atom is 0.295 e. The number of non-ortho nitro benzene ring substituents is 1. The third-order valence-electron chi connectivity index (χ3n) is 2.81. The van der Waals surface area contributed by atoms with Gasteiger partial charge in [0.2, 0.25) is 0 Å². The third-order valence-corrected chi connectivity index (χ3v) is 3.73. The number of benzene rings is 2. The topological polar surface area (TPSA) is 97.5 Å². The van der Waals surface area contributed by atoms with Crippen LogP contribution in [0.5, 0.6) is 0 Å². The highest BCUT2D eigenvalue weighted by atomic mass is 32.2. The Morgan fingerprint density at radius 1 is 1.10 bits per heavy atom. The second-order valence-corrected chi connectivity index (χ2v) is 5.67. The quantitative estimate of drug-likeness (QED) is 0.533. The average Bonchev–Trinajstić information content (AvgIpc) is 2.37. The van der Waals surface area contributed by atoms with Crippen LogP contribution < -0.4 is 0 Å². The van der Waals surface area contributed by atoms with Crippen LogP contribution in [0, 0.1) is 17.0 Å². The predicted molar refractivity (Wildman–Crippen MR) is 73.1 cm³/mol. The minimum atomic E-state index is -4.46. The smallest absolute Gasteiger partial charge is 0.282 e. The van der Waals surface area contributed by atoms with Gasteiger partial charge in [0, 0.05) is 17.7 Å². The van der Waals surface area contributed by atoms with Crippen LogP contribution in [0.3, 0.4) is 0 Å². The normalized spacial score (nSPS) is 11.3. The van der Waals surface area contributed by atoms with E-state index in [0.29, 0.717) is 5.56 Å². The second kappa shape index (κ2) is 5.03. The summed E-state index contributed by atoms with van der Waals surface area (Å²) in [5.74, 6) is 0. The molecule has 2 aromatic rings. The number of hydrogen-bond acceptors (Lipinski definition) is 4. The van der Waals surface area contributed by atoms with Crippen LogP contribution in [0.15, 0.2) is 47.4 Å². The number of aryl methyl sites for hydroxylation is 1. The molecule has 7 heteroatoms. The number of rotatable bonds is 3. The van der Waals surface area contributed by atoms with Crippen molar-refractivity contribution in [2.45, 2.75) is 11.8 Å². The van der Waals surface area contributed by atoms with Crippen molar-refractivity contribution in [3.8, 4) is 11.1 Å². The van der Waals surface area contributed by atoms with E-state index in [4.69, 9.17) is 0 Å². The largest absolute Gasteiger partial charge is 0.295 e. The van der Waals surface area contributed by atoms with Crippen molar-refractivity contribution in [3.05, 3.63) is 58.1 Å². The van der Waals surface area contributed by atoms with E-state index in [1.54, 1.807) is 24.3 Å². The molecule has 0 aliphatic heterocycles. The lowest BCUT2D eigenvalue weighted by atomic mass is 10.0. The molecule has 0 atom stereocenters. The molecule has 6 nitrogen and oxygen atoms in total. The van der Waals surface area contributed by atoms with Gasteiger partial charge in [-0.05, 0) is 18.6 Å². The molecule has 0 heterocycles. The fraction of sp³-hybridized carbons (Fsp3) is 0.0769. The highest BCUT2D eigenvalue weighted by molar-refractivity contribution is 7.86. The number of hydrogen-bond donors (Lipinski definition) is 1. The second-order valence-electron chi connectivity index (χ2n) is 4.28. The van der Waals surface area contributed by atoms with Crippen LogP contribution in [0.2, 0.25) is 0 Å². The Bertz CT molecular complexity index is 766. The van der Waals surface area contributed by atoms with Crippen LogP contribution in [0.4, 0.5) is 5.69 Å². The molecule has 0 amide bonds. The van der Waals surface area contributed by atoms with Gasteiger partial charge < -0.3 is 0 Å². The molecular weight excluding hydrogens is 282 g/mol. The zero-order valence-electron chi connectivity index (χ0n) is 10.5. The number of nitro benzene ring substituents is 1. The Morgan fingerprint density at radius 3 is 2.20 bits per heavy atom. The summed E-state index contributed by atoms with van der Waals surface area (Å²) in [7, 11) is -4.46. The molecule has 0 fully saturated rings. The molecular formula is C13H11NO5S. The first kappa shape index (κ1) is 14.2. The van der Waals surface area contributed by atoms with Crippen molar-refractivity contribution < 1.29 is 17.9 Å². The minimum absolute atomic E-state index is 0.0988. The first-order chi connectivity index (χ1) is 9.29. The van der Waals surface area contributed by atoms with E-state index in [0.717, 1.165) is 23.8 Å². The van der Waals surface area contributed by atoms with Crippen molar-refractivity contribution in [3.63, 3.8) is 0 Å². The Kier molecular flexibility index (Phi) is 3.56. The van der Waals surface area contributed by atoms with Crippen molar-refractivity contribution in [2.24, 2.45) is 0 Å². The van der Waals surface area contributed by atoms with Crippen LogP contribution in [-0.4, -0.2) is 17.9 Å². The molecule has 20 heavy (non-hydrogen) atoms. The van der Waals surface area contributed by atoms with E-state index in [1.165, 1.54) is 0 Å². The van der Waals surface area contributed by atoms with Crippen molar-refractivity contribution in [1.29, 1.82) is 0 Å². The molecule has 0 saturated carbocycles. The van der Waals surface area contributed by atoms with Crippen molar-refractivity contribution >= 4 is 15.8 Å². The van der Waals surface area contributed by atoms with E-state index in [-0.39, 0.29) is 16.1 Å². The van der Waals surface area contributed by atoms with E-state index in [9.17, 15) is 23.1 Å². The van der Waals surface area contributed by atoms with Crippen LogP contribution in [0.1, 0.15) is 5.56 Å². The van der Waals surface area contributed by atoms with Gasteiger partial charge in [0.25, 0.3) is 15.8 Å². The molecule has 2 aromatic carbocycles. The molecule has 2 rings (SSSR count). The Hall–Kier alpha value is -2.25. The van der Waals surface area contributed by atoms with E-state index in [2.05, 4.69) is 0 Å². The highest BCUT2D eigenvalue weighted by Crippen LogP contribution is 2.31. The first-order valence-electron chi connectivity index (χ1n) is 5.62. The van der Waals surface area contributed by atoms with Gasteiger partial charge in [-0.15, -0.1) is 0 Å². The number of nitro groups is 1. The summed E-state index contributed by atoms with van der Waals surface area (Å²) < 4.78 is 31.9. The van der Waals surface area contributed by atoms with Crippen LogP contribution in [0.25, 0.3) is 11.1 Å². The van der Waals surface area contributed by atoms with Crippen LogP contribution in [-0.2, 0) is 10.1 Å². The van der Waals surface area contributed by atoms with Gasteiger partial charge in [0.1, 0.15) is 4.90 Å². The SMILES string of the molecule is Cc1ccc(-c2cc([N+](=O)[O-])ccc2S(=O)(=O)O)cc1. The minimum Gasteiger partial charge on any atom is -0.282 e. The molecule has 0 bridgehead atoms. The lowest BCUT2D eigenvalue weighted by Gasteiger charge is -2.07. The highest BCUT2D eigenvalue weighted by Gasteiger charge is 2.20. The molecule has 0 saturated heterocycles. The van der Waals surface area contributed by atoms with Gasteiger partial charge in [-0.3, -0.25) is 14.7 Å². The van der Waals surface area contributed by atoms with Gasteiger partial charge in [0.15, 0.2) is 0 Å². The zero-order chi connectivity index (χ0) is 14.9. The monoisotopic (exact) mass is 293 g/mol. The molecule has 0 aliphatic carbocycles. The van der Waals surface area contributed by atoms with E-state index < -0.39 is 15.0 Å². The van der Waals surface area contributed by atoms with Gasteiger partial charge in [0.05, 0.1) is 4.92 Å². The summed E-state index contributed by atoms with van der Waals surface area (Å²) in [5.41, 5.74) is 1.30. The Morgan fingerprint density at radius 2 is 1.70 bits per heavy atom. The van der Waals surface area contributed by atoms with Crippen molar-refractivity contribution in [2.75, 3.05) is 0 Å². The Balaban J connectivity index is 2.73. The maximum absolute atomic E-state index is 11.4. The summed E-state index contributed by atoms with van der Waals surface area (Å²) in [6.45, 7) is 1.86. The third kappa shape index (κ3) is 2.84. The van der Waals surface area contributed by atoms with Gasteiger partial charge in [-0.2, -0.15) is 8.42 Å². The fourth-order valence-corrected chi connectivity index (χ4v) is 2.51. The fourth-order valence-electron chi connectivity index (χ4n) is 1.82. The molecule has 0 spiro atoms. The molecule has 104 valence electrons. The zero-order valence-corrected chi connectivity index (χ0v) is 11.3. The summed E-state index contributed by atoms with van der Waals surface area (Å²) in [6.07, 6.45) is 0. The summed E-state index contributed by atoms with van der Waals surface area (Å²) in [6, 6.07) is 9.99. The summed E-state index contributed by atoms with van der Waals surface area (Å²) in [5, 5.41) is 10.8.